The number of unbranched alkanes of at least 4 members (excludes halogenated alkanes) is 1. The molecule has 0 fully saturated rings. The van der Waals surface area contributed by atoms with E-state index in [1.165, 1.54) is 0 Å². The Labute approximate surface area is 149 Å². The number of hydrogen-bond donors (Lipinski definition) is 2. The Morgan fingerprint density at radius 1 is 0.958 bits per heavy atom. The molecule has 144 valence electrons. The average Bonchev–Trinajstić information content (AvgIpc) is 2.55. The van der Waals surface area contributed by atoms with Crippen LogP contribution in [0.5, 0.6) is 0 Å². The van der Waals surface area contributed by atoms with Gasteiger partial charge >= 0.3 is 0 Å². The van der Waals surface area contributed by atoms with Gasteiger partial charge in [0.15, 0.2) is 0 Å². The summed E-state index contributed by atoms with van der Waals surface area (Å²) in [4.78, 5) is 11.2. The van der Waals surface area contributed by atoms with Gasteiger partial charge in [-0.3, -0.25) is 4.79 Å². The van der Waals surface area contributed by atoms with Crippen LogP contribution >= 0.6 is 0 Å². The van der Waals surface area contributed by atoms with Crippen LogP contribution in [0.2, 0.25) is 0 Å². The van der Waals surface area contributed by atoms with Crippen LogP contribution in [-0.2, 0) is 14.3 Å². The highest BCUT2D eigenvalue weighted by Gasteiger charge is 2.25. The molecule has 1 unspecified atom stereocenters. The number of ether oxygens (including phenoxy) is 2. The van der Waals surface area contributed by atoms with Gasteiger partial charge in [0.25, 0.3) is 0 Å². The highest BCUT2D eigenvalue weighted by molar-refractivity contribution is 5.75. The third-order valence-corrected chi connectivity index (χ3v) is 4.51. The summed E-state index contributed by atoms with van der Waals surface area (Å²) in [6.45, 7) is 13.6. The first-order chi connectivity index (χ1) is 11.3. The van der Waals surface area contributed by atoms with Crippen molar-refractivity contribution in [2.75, 3.05) is 33.4 Å². The second-order valence-electron chi connectivity index (χ2n) is 7.27. The Balaban J connectivity index is 3.93. The second kappa shape index (κ2) is 12.7. The first-order valence-electron chi connectivity index (χ1n) is 9.48. The van der Waals surface area contributed by atoms with Crippen LogP contribution in [-0.4, -0.2) is 50.5 Å². The molecule has 0 saturated carbocycles. The first-order valence-corrected chi connectivity index (χ1v) is 9.48. The Morgan fingerprint density at radius 3 is 2.25 bits per heavy atom. The highest BCUT2D eigenvalue weighted by atomic mass is 16.5. The van der Waals surface area contributed by atoms with Crippen LogP contribution in [0.25, 0.3) is 0 Å². The fraction of sp³-hybridized carbons (Fsp3) is 0.947. The molecule has 0 aromatic heterocycles. The van der Waals surface area contributed by atoms with E-state index in [1.54, 1.807) is 0 Å². The Hall–Kier alpha value is -0.650. The van der Waals surface area contributed by atoms with Gasteiger partial charge in [0.2, 0.25) is 5.91 Å². The molecule has 0 aliphatic rings. The molecule has 24 heavy (non-hydrogen) atoms. The summed E-state index contributed by atoms with van der Waals surface area (Å²) >= 11 is 0. The van der Waals surface area contributed by atoms with Crippen molar-refractivity contribution in [2.24, 2.45) is 0 Å². The molecule has 0 aliphatic carbocycles. The zero-order valence-corrected chi connectivity index (χ0v) is 16.8. The van der Waals surface area contributed by atoms with E-state index >= 15 is 0 Å². The number of carbonyl (C=O) groups excluding carboxylic acids is 1. The van der Waals surface area contributed by atoms with Gasteiger partial charge in [-0.2, -0.15) is 0 Å². The molecular formula is C19H40N2O3. The molecule has 2 N–H and O–H groups in total. The SMILES string of the molecule is CCC(=O)NCCCCOC(C)(CC)CCOC(C)(C)CCNC. The molecule has 5 nitrogen and oxygen atoms in total. The van der Waals surface area contributed by atoms with Crippen LogP contribution in [0.3, 0.4) is 0 Å². The maximum Gasteiger partial charge on any atom is 0.219 e. The van der Waals surface area contributed by atoms with Gasteiger partial charge in [-0.1, -0.05) is 13.8 Å². The van der Waals surface area contributed by atoms with Crippen LogP contribution in [0.15, 0.2) is 0 Å². The molecule has 0 aromatic carbocycles. The number of carbonyl (C=O) groups is 1. The number of rotatable bonds is 15. The van der Waals surface area contributed by atoms with Gasteiger partial charge in [-0.25, -0.2) is 0 Å². The van der Waals surface area contributed by atoms with Gasteiger partial charge in [-0.15, -0.1) is 0 Å². The maximum atomic E-state index is 11.2. The minimum atomic E-state index is -0.133. The smallest absolute Gasteiger partial charge is 0.219 e. The maximum absolute atomic E-state index is 11.2. The predicted octanol–water partition coefficient (Wildman–Crippen LogP) is 3.27. The fourth-order valence-corrected chi connectivity index (χ4v) is 2.29. The lowest BCUT2D eigenvalue weighted by Gasteiger charge is -2.31. The summed E-state index contributed by atoms with van der Waals surface area (Å²) in [6, 6.07) is 0. The van der Waals surface area contributed by atoms with E-state index in [2.05, 4.69) is 38.3 Å². The van der Waals surface area contributed by atoms with E-state index in [0.717, 1.165) is 51.8 Å². The molecule has 1 amide bonds. The molecule has 0 heterocycles. The molecule has 0 rings (SSSR count). The molecule has 0 spiro atoms. The van der Waals surface area contributed by atoms with E-state index in [4.69, 9.17) is 9.47 Å². The largest absolute Gasteiger partial charge is 0.375 e. The topological polar surface area (TPSA) is 59.6 Å². The summed E-state index contributed by atoms with van der Waals surface area (Å²) in [6.07, 6.45) is 5.35. The first kappa shape index (κ1) is 23.4. The monoisotopic (exact) mass is 344 g/mol. The van der Waals surface area contributed by atoms with Gasteiger partial charge in [-0.05, 0) is 66.5 Å². The molecule has 0 radical (unpaired) electrons. The Kier molecular flexibility index (Phi) is 12.3. The van der Waals surface area contributed by atoms with E-state index in [0.29, 0.717) is 13.0 Å². The molecule has 0 bridgehead atoms. The van der Waals surface area contributed by atoms with Crippen molar-refractivity contribution in [1.82, 2.24) is 10.6 Å². The standard InChI is InChI=1S/C19H40N2O3/c1-7-17(22)21-13-9-10-15-24-19(5,8-2)12-16-23-18(3,4)11-14-20-6/h20H,7-16H2,1-6H3,(H,21,22). The lowest BCUT2D eigenvalue weighted by atomic mass is 9.98. The number of amides is 1. The quantitative estimate of drug-likeness (QED) is 0.448. The highest BCUT2D eigenvalue weighted by Crippen LogP contribution is 2.23. The van der Waals surface area contributed by atoms with Crippen molar-refractivity contribution in [3.8, 4) is 0 Å². The molecular weight excluding hydrogens is 304 g/mol. The normalized spacial score (nSPS) is 14.4. The van der Waals surface area contributed by atoms with Crippen molar-refractivity contribution in [2.45, 2.75) is 84.3 Å². The molecule has 5 heteroatoms. The lowest BCUT2D eigenvalue weighted by molar-refractivity contribution is -0.120. The van der Waals surface area contributed by atoms with Crippen LogP contribution in [0, 0.1) is 0 Å². The number of hydrogen-bond acceptors (Lipinski definition) is 4. The van der Waals surface area contributed by atoms with Crippen LogP contribution in [0.4, 0.5) is 0 Å². The van der Waals surface area contributed by atoms with Gasteiger partial charge in [0, 0.05) is 19.6 Å². The van der Waals surface area contributed by atoms with Crippen LogP contribution in [0.1, 0.15) is 73.1 Å². The zero-order valence-electron chi connectivity index (χ0n) is 16.8. The minimum absolute atomic E-state index is 0.102. The molecule has 0 aliphatic heterocycles. The zero-order chi connectivity index (χ0) is 18.5. The van der Waals surface area contributed by atoms with Crippen molar-refractivity contribution in [3.05, 3.63) is 0 Å². The van der Waals surface area contributed by atoms with Crippen molar-refractivity contribution in [1.29, 1.82) is 0 Å². The van der Waals surface area contributed by atoms with Crippen molar-refractivity contribution < 1.29 is 14.3 Å². The Morgan fingerprint density at radius 2 is 1.67 bits per heavy atom. The third-order valence-electron chi connectivity index (χ3n) is 4.51. The molecule has 0 aromatic rings. The summed E-state index contributed by atoms with van der Waals surface area (Å²) < 4.78 is 12.1. The summed E-state index contributed by atoms with van der Waals surface area (Å²) in [5.41, 5.74) is -0.235. The predicted molar refractivity (Wildman–Crippen MR) is 100 cm³/mol. The van der Waals surface area contributed by atoms with Crippen molar-refractivity contribution in [3.63, 3.8) is 0 Å². The summed E-state index contributed by atoms with van der Waals surface area (Å²) in [5, 5.41) is 6.06. The lowest BCUT2D eigenvalue weighted by Crippen LogP contribution is -2.34. The fourth-order valence-electron chi connectivity index (χ4n) is 2.29. The summed E-state index contributed by atoms with van der Waals surface area (Å²) in [5.74, 6) is 0.118. The minimum Gasteiger partial charge on any atom is -0.375 e. The summed E-state index contributed by atoms with van der Waals surface area (Å²) in [7, 11) is 1.96. The van der Waals surface area contributed by atoms with E-state index in [1.807, 2.05) is 14.0 Å². The van der Waals surface area contributed by atoms with E-state index < -0.39 is 0 Å². The van der Waals surface area contributed by atoms with E-state index in [-0.39, 0.29) is 17.1 Å². The van der Waals surface area contributed by atoms with Gasteiger partial charge in [0.05, 0.1) is 17.8 Å². The second-order valence-corrected chi connectivity index (χ2v) is 7.27. The van der Waals surface area contributed by atoms with E-state index in [9.17, 15) is 4.79 Å². The third kappa shape index (κ3) is 11.8. The van der Waals surface area contributed by atoms with Gasteiger partial charge < -0.3 is 20.1 Å². The number of nitrogens with one attached hydrogen (secondary N) is 2. The molecule has 1 atom stereocenters. The van der Waals surface area contributed by atoms with Gasteiger partial charge in [0.1, 0.15) is 0 Å². The Bertz CT molecular complexity index is 335. The molecule has 0 saturated heterocycles. The van der Waals surface area contributed by atoms with Crippen molar-refractivity contribution >= 4 is 5.91 Å². The van der Waals surface area contributed by atoms with Crippen LogP contribution < -0.4 is 10.6 Å². The average molecular weight is 345 g/mol.